The van der Waals surface area contributed by atoms with Crippen molar-refractivity contribution in [2.75, 3.05) is 20.3 Å². The molecule has 4 nitrogen and oxygen atoms in total. The van der Waals surface area contributed by atoms with Gasteiger partial charge >= 0.3 is 0 Å². The van der Waals surface area contributed by atoms with Crippen molar-refractivity contribution in [1.29, 1.82) is 0 Å². The first-order valence-corrected chi connectivity index (χ1v) is 5.57. The van der Waals surface area contributed by atoms with Crippen LogP contribution in [-0.2, 0) is 21.0 Å². The van der Waals surface area contributed by atoms with Gasteiger partial charge in [-0.1, -0.05) is 0 Å². The molecule has 1 fully saturated rings. The van der Waals surface area contributed by atoms with Gasteiger partial charge in [-0.2, -0.15) is 0 Å². The van der Waals surface area contributed by atoms with Gasteiger partial charge in [0.1, 0.15) is 11.4 Å². The predicted molar refractivity (Wildman–Crippen MR) is 56.9 cm³/mol. The van der Waals surface area contributed by atoms with Crippen molar-refractivity contribution in [3.8, 4) is 0 Å². The van der Waals surface area contributed by atoms with Gasteiger partial charge < -0.3 is 14.5 Å². The van der Waals surface area contributed by atoms with Crippen molar-refractivity contribution in [2.45, 2.75) is 24.3 Å². The molecule has 2 heterocycles. The molecule has 5 heteroatoms. The lowest BCUT2D eigenvalue weighted by Crippen LogP contribution is -2.36. The Balaban J connectivity index is 2.24. The van der Waals surface area contributed by atoms with Gasteiger partial charge in [0.25, 0.3) is 0 Å². The van der Waals surface area contributed by atoms with Crippen molar-refractivity contribution in [1.82, 2.24) is 9.97 Å². The molecule has 0 bridgehead atoms. The minimum atomic E-state index is -0.317. The van der Waals surface area contributed by atoms with Crippen LogP contribution in [-0.4, -0.2) is 30.3 Å². The number of hydrogen-bond donors (Lipinski definition) is 1. The highest BCUT2D eigenvalue weighted by Crippen LogP contribution is 2.33. The predicted octanol–water partition coefficient (Wildman–Crippen LogP) is 1.80. The summed E-state index contributed by atoms with van der Waals surface area (Å²) in [5, 5.41) is 0. The second-order valence-corrected chi connectivity index (χ2v) is 3.97. The first-order valence-electron chi connectivity index (χ1n) is 5.04. The van der Waals surface area contributed by atoms with Crippen molar-refractivity contribution < 1.29 is 9.47 Å². The van der Waals surface area contributed by atoms with Crippen LogP contribution >= 0.6 is 11.6 Å². The monoisotopic (exact) mass is 230 g/mol. The van der Waals surface area contributed by atoms with E-state index in [-0.39, 0.29) is 5.60 Å². The summed E-state index contributed by atoms with van der Waals surface area (Å²) < 4.78 is 10.9. The smallest absolute Gasteiger partial charge is 0.138 e. The molecular formula is C10H15ClN2O2. The van der Waals surface area contributed by atoms with E-state index in [1.165, 1.54) is 0 Å². The summed E-state index contributed by atoms with van der Waals surface area (Å²) in [6, 6.07) is 0. The van der Waals surface area contributed by atoms with Crippen LogP contribution in [0, 0.1) is 0 Å². The number of aromatic nitrogens is 2. The fourth-order valence-electron chi connectivity index (χ4n) is 1.90. The first-order chi connectivity index (χ1) is 7.30. The summed E-state index contributed by atoms with van der Waals surface area (Å²) in [5.41, 5.74) is 0.609. The topological polar surface area (TPSA) is 47.1 Å². The molecular weight excluding hydrogens is 216 g/mol. The Kier molecular flexibility index (Phi) is 3.29. The van der Waals surface area contributed by atoms with E-state index in [0.29, 0.717) is 19.1 Å². The number of nitrogens with zero attached hydrogens (tertiary/aromatic N) is 1. The first kappa shape index (κ1) is 10.9. The fraction of sp³-hybridized carbons (Fsp3) is 0.700. The van der Waals surface area contributed by atoms with E-state index in [1.807, 2.05) is 0 Å². The van der Waals surface area contributed by atoms with Gasteiger partial charge in [-0.05, 0) is 0 Å². The van der Waals surface area contributed by atoms with Crippen molar-refractivity contribution in [3.05, 3.63) is 17.7 Å². The molecule has 0 spiro atoms. The van der Waals surface area contributed by atoms with Crippen LogP contribution in [0.1, 0.15) is 24.4 Å². The number of rotatable bonds is 3. The van der Waals surface area contributed by atoms with E-state index in [1.54, 1.807) is 13.3 Å². The van der Waals surface area contributed by atoms with Crippen molar-refractivity contribution in [2.24, 2.45) is 0 Å². The largest absolute Gasteiger partial charge is 0.381 e. The molecule has 0 atom stereocenters. The van der Waals surface area contributed by atoms with Crippen LogP contribution < -0.4 is 0 Å². The Morgan fingerprint density at radius 3 is 2.87 bits per heavy atom. The second kappa shape index (κ2) is 4.51. The van der Waals surface area contributed by atoms with Crippen LogP contribution in [0.4, 0.5) is 0 Å². The molecule has 0 aliphatic carbocycles. The average molecular weight is 231 g/mol. The molecule has 0 amide bonds. The van der Waals surface area contributed by atoms with E-state index >= 15 is 0 Å². The summed E-state index contributed by atoms with van der Waals surface area (Å²) in [7, 11) is 1.72. The van der Waals surface area contributed by atoms with Gasteiger partial charge in [0.15, 0.2) is 0 Å². The molecule has 84 valence electrons. The molecule has 0 radical (unpaired) electrons. The van der Waals surface area contributed by atoms with Gasteiger partial charge in [-0.15, -0.1) is 11.6 Å². The summed E-state index contributed by atoms with van der Waals surface area (Å²) >= 11 is 5.73. The minimum Gasteiger partial charge on any atom is -0.381 e. The van der Waals surface area contributed by atoms with Crippen LogP contribution in [0.25, 0.3) is 0 Å². The number of halogens is 1. The average Bonchev–Trinajstić information content (AvgIpc) is 2.79. The lowest BCUT2D eigenvalue weighted by atomic mass is 9.93. The maximum absolute atomic E-state index is 5.73. The van der Waals surface area contributed by atoms with Crippen LogP contribution in [0.5, 0.6) is 0 Å². The molecule has 2 rings (SSSR count). The molecule has 1 saturated heterocycles. The maximum atomic E-state index is 5.73. The maximum Gasteiger partial charge on any atom is 0.138 e. The van der Waals surface area contributed by atoms with Crippen LogP contribution in [0.2, 0.25) is 0 Å². The zero-order chi connectivity index (χ0) is 10.7. The zero-order valence-corrected chi connectivity index (χ0v) is 9.51. The Hall–Kier alpha value is -0.580. The summed E-state index contributed by atoms with van der Waals surface area (Å²) in [4.78, 5) is 7.53. The molecule has 0 aromatic carbocycles. The zero-order valence-electron chi connectivity index (χ0n) is 8.75. The van der Waals surface area contributed by atoms with Crippen LogP contribution in [0.15, 0.2) is 6.20 Å². The van der Waals surface area contributed by atoms with Gasteiger partial charge in [0.05, 0.1) is 5.88 Å². The fourth-order valence-corrected chi connectivity index (χ4v) is 2.03. The summed E-state index contributed by atoms with van der Waals surface area (Å²) in [6.45, 7) is 1.43. The van der Waals surface area contributed by atoms with Gasteiger partial charge in [-0.3, -0.25) is 0 Å². The van der Waals surface area contributed by atoms with Gasteiger partial charge in [-0.25, -0.2) is 4.98 Å². The van der Waals surface area contributed by atoms with Crippen LogP contribution in [0.3, 0.4) is 0 Å². The molecule has 0 unspecified atom stereocenters. The number of alkyl halides is 1. The SMILES string of the molecule is COC1(c2ncc(CCl)[nH]2)CCOCC1. The number of imidazole rings is 1. The van der Waals surface area contributed by atoms with E-state index < -0.39 is 0 Å². The highest BCUT2D eigenvalue weighted by molar-refractivity contribution is 6.16. The van der Waals surface area contributed by atoms with Crippen molar-refractivity contribution >= 4 is 11.6 Å². The van der Waals surface area contributed by atoms with E-state index in [9.17, 15) is 0 Å². The summed E-state index contributed by atoms with van der Waals surface area (Å²) in [5.74, 6) is 1.31. The highest BCUT2D eigenvalue weighted by Gasteiger charge is 2.37. The van der Waals surface area contributed by atoms with E-state index in [2.05, 4.69) is 9.97 Å². The Morgan fingerprint density at radius 2 is 2.33 bits per heavy atom. The second-order valence-electron chi connectivity index (χ2n) is 3.70. The number of hydrogen-bond acceptors (Lipinski definition) is 3. The third-order valence-corrected chi connectivity index (χ3v) is 3.18. The lowest BCUT2D eigenvalue weighted by molar-refractivity contribution is -0.0996. The molecule has 1 aromatic heterocycles. The molecule has 1 aliphatic heterocycles. The number of ether oxygens (including phenoxy) is 2. The third kappa shape index (κ3) is 2.02. The third-order valence-electron chi connectivity index (χ3n) is 2.90. The van der Waals surface area contributed by atoms with E-state index in [4.69, 9.17) is 21.1 Å². The van der Waals surface area contributed by atoms with E-state index in [0.717, 1.165) is 24.4 Å². The Bertz CT molecular complexity index is 321. The lowest BCUT2D eigenvalue weighted by Gasteiger charge is -2.33. The molecule has 0 saturated carbocycles. The van der Waals surface area contributed by atoms with Crippen molar-refractivity contribution in [3.63, 3.8) is 0 Å². The normalized spacial score (nSPS) is 20.4. The number of H-pyrrole nitrogens is 1. The molecule has 1 aromatic rings. The quantitative estimate of drug-likeness (QED) is 0.806. The molecule has 1 N–H and O–H groups in total. The van der Waals surface area contributed by atoms with Gasteiger partial charge in [0.2, 0.25) is 0 Å². The molecule has 15 heavy (non-hydrogen) atoms. The number of nitrogens with one attached hydrogen (secondary N) is 1. The highest BCUT2D eigenvalue weighted by atomic mass is 35.5. The number of aromatic amines is 1. The Labute approximate surface area is 93.9 Å². The number of methoxy groups -OCH3 is 1. The van der Waals surface area contributed by atoms with Gasteiger partial charge in [0, 0.05) is 45.1 Å². The Morgan fingerprint density at radius 1 is 1.60 bits per heavy atom. The summed E-state index contributed by atoms with van der Waals surface area (Å²) in [6.07, 6.45) is 3.43. The standard InChI is InChI=1S/C10H15ClN2O2/c1-14-10(2-4-15-5-3-10)9-12-7-8(6-11)13-9/h7H,2-6H2,1H3,(H,12,13). The minimum absolute atomic E-state index is 0.317. The molecule has 1 aliphatic rings.